The average Bonchev–Trinajstić information content (AvgIpc) is 2.27. The topological polar surface area (TPSA) is 37.0 Å². The van der Waals surface area contributed by atoms with E-state index >= 15 is 0 Å². The molecule has 0 radical (unpaired) electrons. The summed E-state index contributed by atoms with van der Waals surface area (Å²) in [6.07, 6.45) is 0. The Morgan fingerprint density at radius 3 is 2.28 bits per heavy atom. The van der Waals surface area contributed by atoms with E-state index in [9.17, 15) is 0 Å². The van der Waals surface area contributed by atoms with E-state index in [4.69, 9.17) is 23.2 Å². The second-order valence-corrected chi connectivity index (χ2v) is 6.21. The Bertz CT molecular complexity index is 417. The fraction of sp³-hybridized carbons (Fsp3) is 0.615. The van der Waals surface area contributed by atoms with E-state index in [1.807, 2.05) is 0 Å². The second-order valence-electron chi connectivity index (χ2n) is 5.40. The molecule has 0 amide bonds. The molecule has 18 heavy (non-hydrogen) atoms. The smallest absolute Gasteiger partial charge is 0.147 e. The van der Waals surface area contributed by atoms with Gasteiger partial charge in [0.05, 0.1) is 10.0 Å². The van der Waals surface area contributed by atoms with Crippen LogP contribution in [0.3, 0.4) is 0 Å². The van der Waals surface area contributed by atoms with Gasteiger partial charge in [-0.05, 0) is 17.4 Å². The van der Waals surface area contributed by atoms with E-state index in [-0.39, 0.29) is 5.41 Å². The predicted octanol–water partition coefficient (Wildman–Crippen LogP) is 4.52. The molecule has 1 rings (SSSR count). The van der Waals surface area contributed by atoms with Crippen LogP contribution in [0.25, 0.3) is 0 Å². The van der Waals surface area contributed by atoms with Crippen LogP contribution >= 0.6 is 23.2 Å². The lowest BCUT2D eigenvalue weighted by Gasteiger charge is -2.29. The molecule has 1 heterocycles. The largest absolute Gasteiger partial charge is 0.372 e. The van der Waals surface area contributed by atoms with Crippen LogP contribution in [-0.4, -0.2) is 18.6 Å². The molecule has 0 fully saturated rings. The molecule has 1 aromatic heterocycles. The third-order valence-electron chi connectivity index (χ3n) is 3.44. The lowest BCUT2D eigenvalue weighted by molar-refractivity contribution is 0.269. The average molecular weight is 290 g/mol. The van der Waals surface area contributed by atoms with Crippen molar-refractivity contribution < 1.29 is 0 Å². The Kier molecular flexibility index (Phi) is 5.11. The summed E-state index contributed by atoms with van der Waals surface area (Å²) in [5.41, 5.74) is 0.171. The van der Waals surface area contributed by atoms with Gasteiger partial charge in [-0.25, -0.2) is 4.98 Å². The SMILES string of the molecule is CNc1nc(NCC(C)(C)C(C)C)c(Cl)cc1Cl. The van der Waals surface area contributed by atoms with E-state index in [0.717, 1.165) is 6.54 Å². The summed E-state index contributed by atoms with van der Waals surface area (Å²) >= 11 is 12.1. The molecular formula is C13H21Cl2N3. The van der Waals surface area contributed by atoms with E-state index in [1.165, 1.54) is 0 Å². The summed E-state index contributed by atoms with van der Waals surface area (Å²) in [5, 5.41) is 7.30. The van der Waals surface area contributed by atoms with Crippen molar-refractivity contribution in [2.75, 3.05) is 24.2 Å². The van der Waals surface area contributed by atoms with E-state index < -0.39 is 0 Å². The van der Waals surface area contributed by atoms with Gasteiger partial charge in [0.2, 0.25) is 0 Å². The van der Waals surface area contributed by atoms with Crippen molar-refractivity contribution in [1.29, 1.82) is 0 Å². The van der Waals surface area contributed by atoms with Crippen LogP contribution in [0.1, 0.15) is 27.7 Å². The molecular weight excluding hydrogens is 269 g/mol. The van der Waals surface area contributed by atoms with Gasteiger partial charge in [0.25, 0.3) is 0 Å². The fourth-order valence-electron chi connectivity index (χ4n) is 1.28. The van der Waals surface area contributed by atoms with Gasteiger partial charge in [0, 0.05) is 13.6 Å². The quantitative estimate of drug-likeness (QED) is 0.837. The van der Waals surface area contributed by atoms with Crippen LogP contribution in [0.4, 0.5) is 11.6 Å². The van der Waals surface area contributed by atoms with Crippen molar-refractivity contribution in [2.24, 2.45) is 11.3 Å². The van der Waals surface area contributed by atoms with E-state index in [2.05, 4.69) is 43.3 Å². The highest BCUT2D eigenvalue weighted by Crippen LogP contribution is 2.31. The first-order valence-electron chi connectivity index (χ1n) is 6.05. The number of hydrogen-bond acceptors (Lipinski definition) is 3. The third-order valence-corrected chi connectivity index (χ3v) is 4.02. The van der Waals surface area contributed by atoms with Crippen molar-refractivity contribution in [3.8, 4) is 0 Å². The van der Waals surface area contributed by atoms with Crippen molar-refractivity contribution in [3.63, 3.8) is 0 Å². The van der Waals surface area contributed by atoms with Crippen molar-refractivity contribution in [3.05, 3.63) is 16.1 Å². The summed E-state index contributed by atoms with van der Waals surface area (Å²) in [6.45, 7) is 9.65. The maximum absolute atomic E-state index is 6.13. The molecule has 3 nitrogen and oxygen atoms in total. The van der Waals surface area contributed by atoms with Crippen LogP contribution < -0.4 is 10.6 Å². The fourth-order valence-corrected chi connectivity index (χ4v) is 1.80. The van der Waals surface area contributed by atoms with E-state index in [0.29, 0.717) is 27.6 Å². The molecule has 0 aliphatic carbocycles. The lowest BCUT2D eigenvalue weighted by atomic mass is 9.81. The molecule has 0 aromatic carbocycles. The Balaban J connectivity index is 2.85. The number of aromatic nitrogens is 1. The number of rotatable bonds is 5. The van der Waals surface area contributed by atoms with Gasteiger partial charge >= 0.3 is 0 Å². The standard InChI is InChI=1S/C13H21Cl2N3/c1-8(2)13(3,4)7-17-12-10(15)6-9(14)11(16-5)18-12/h6,8H,7H2,1-5H3,(H2,16,17,18). The molecule has 0 saturated carbocycles. The molecule has 0 bridgehead atoms. The molecule has 0 aliphatic rings. The minimum Gasteiger partial charge on any atom is -0.372 e. The summed E-state index contributed by atoms with van der Waals surface area (Å²) in [7, 11) is 1.78. The van der Waals surface area contributed by atoms with Crippen LogP contribution in [0, 0.1) is 11.3 Å². The Morgan fingerprint density at radius 2 is 1.78 bits per heavy atom. The van der Waals surface area contributed by atoms with Crippen LogP contribution in [0.5, 0.6) is 0 Å². The summed E-state index contributed by atoms with van der Waals surface area (Å²) < 4.78 is 0. The maximum Gasteiger partial charge on any atom is 0.147 e. The first-order valence-corrected chi connectivity index (χ1v) is 6.81. The zero-order chi connectivity index (χ0) is 13.9. The normalized spacial score (nSPS) is 11.8. The number of pyridine rings is 1. The molecule has 5 heteroatoms. The molecule has 0 spiro atoms. The minimum absolute atomic E-state index is 0.171. The molecule has 1 aromatic rings. The molecule has 0 saturated heterocycles. The van der Waals surface area contributed by atoms with Gasteiger partial charge in [0.1, 0.15) is 11.6 Å². The molecule has 0 atom stereocenters. The number of hydrogen-bond donors (Lipinski definition) is 2. The highest BCUT2D eigenvalue weighted by atomic mass is 35.5. The van der Waals surface area contributed by atoms with Crippen LogP contribution in [0.2, 0.25) is 10.0 Å². The van der Waals surface area contributed by atoms with E-state index in [1.54, 1.807) is 13.1 Å². The molecule has 0 unspecified atom stereocenters. The van der Waals surface area contributed by atoms with Crippen molar-refractivity contribution >= 4 is 34.8 Å². The van der Waals surface area contributed by atoms with Gasteiger partial charge in [0.15, 0.2) is 0 Å². The first-order chi connectivity index (χ1) is 8.27. The minimum atomic E-state index is 0.171. The van der Waals surface area contributed by atoms with Gasteiger partial charge in [-0.1, -0.05) is 50.9 Å². The Morgan fingerprint density at radius 1 is 1.22 bits per heavy atom. The number of halogens is 2. The lowest BCUT2D eigenvalue weighted by Crippen LogP contribution is -2.28. The summed E-state index contributed by atoms with van der Waals surface area (Å²) in [4.78, 5) is 4.37. The third kappa shape index (κ3) is 3.66. The van der Waals surface area contributed by atoms with Gasteiger partial charge < -0.3 is 10.6 Å². The summed E-state index contributed by atoms with van der Waals surface area (Å²) in [5.74, 6) is 1.87. The number of nitrogens with one attached hydrogen (secondary N) is 2. The molecule has 0 aliphatic heterocycles. The van der Waals surface area contributed by atoms with Gasteiger partial charge in [-0.2, -0.15) is 0 Å². The highest BCUT2D eigenvalue weighted by molar-refractivity contribution is 6.37. The van der Waals surface area contributed by atoms with Crippen molar-refractivity contribution in [2.45, 2.75) is 27.7 Å². The van der Waals surface area contributed by atoms with Crippen molar-refractivity contribution in [1.82, 2.24) is 4.98 Å². The highest BCUT2D eigenvalue weighted by Gasteiger charge is 2.22. The maximum atomic E-state index is 6.13. The Labute approximate surface area is 119 Å². The summed E-state index contributed by atoms with van der Waals surface area (Å²) in [6, 6.07) is 1.70. The van der Waals surface area contributed by atoms with Gasteiger partial charge in [-0.3, -0.25) is 0 Å². The second kappa shape index (κ2) is 5.98. The monoisotopic (exact) mass is 289 g/mol. The molecule has 102 valence electrons. The molecule has 2 N–H and O–H groups in total. The predicted molar refractivity (Wildman–Crippen MR) is 80.9 cm³/mol. The zero-order valence-corrected chi connectivity index (χ0v) is 13.1. The number of anilines is 2. The number of nitrogens with zero attached hydrogens (tertiary/aromatic N) is 1. The van der Waals surface area contributed by atoms with Gasteiger partial charge in [-0.15, -0.1) is 0 Å². The van der Waals surface area contributed by atoms with Crippen LogP contribution in [-0.2, 0) is 0 Å². The Hall–Kier alpha value is -0.670. The van der Waals surface area contributed by atoms with Crippen LogP contribution in [0.15, 0.2) is 6.07 Å². The first kappa shape index (κ1) is 15.4. The zero-order valence-electron chi connectivity index (χ0n) is 11.6.